The van der Waals surface area contributed by atoms with E-state index in [1.54, 1.807) is 37.3 Å². The lowest BCUT2D eigenvalue weighted by molar-refractivity contribution is -0.136. The number of carbonyl (C=O) groups is 1. The first-order valence-electron chi connectivity index (χ1n) is 7.51. The van der Waals surface area contributed by atoms with Gasteiger partial charge in [-0.2, -0.15) is 0 Å². The molecule has 130 valence electrons. The second-order valence-electron chi connectivity index (χ2n) is 5.47. The molecule has 2 N–H and O–H groups in total. The smallest absolute Gasteiger partial charge is 0.343 e. The highest BCUT2D eigenvalue weighted by Crippen LogP contribution is 2.43. The first-order valence-corrected chi connectivity index (χ1v) is 7.51. The van der Waals surface area contributed by atoms with E-state index < -0.39 is 17.5 Å². The summed E-state index contributed by atoms with van der Waals surface area (Å²) in [6, 6.07) is 8.58. The van der Waals surface area contributed by atoms with E-state index in [4.69, 9.17) is 24.4 Å². The Kier molecular flexibility index (Phi) is 4.22. The molecular formula is C18H17NO6. The van der Waals surface area contributed by atoms with Crippen LogP contribution in [0.1, 0.15) is 22.8 Å². The SMILES string of the molecule is COC(=O)C1=C(N)Oc2cc(C)oc(=O)c2[C@@H]1c1ccccc1OC. The second-order valence-corrected chi connectivity index (χ2v) is 5.47. The van der Waals surface area contributed by atoms with Gasteiger partial charge in [0.15, 0.2) is 0 Å². The van der Waals surface area contributed by atoms with Crippen LogP contribution in [-0.4, -0.2) is 20.2 Å². The van der Waals surface area contributed by atoms with E-state index in [2.05, 4.69) is 0 Å². The van der Waals surface area contributed by atoms with Gasteiger partial charge in [-0.15, -0.1) is 0 Å². The lowest BCUT2D eigenvalue weighted by Crippen LogP contribution is -2.30. The number of carbonyl (C=O) groups excluding carboxylic acids is 1. The number of fused-ring (bicyclic) bond motifs is 1. The molecule has 0 amide bonds. The zero-order valence-corrected chi connectivity index (χ0v) is 14.0. The van der Waals surface area contributed by atoms with Gasteiger partial charge in [-0.1, -0.05) is 18.2 Å². The molecule has 0 unspecified atom stereocenters. The summed E-state index contributed by atoms with van der Waals surface area (Å²) in [6.07, 6.45) is 0. The maximum atomic E-state index is 12.5. The number of methoxy groups -OCH3 is 2. The van der Waals surface area contributed by atoms with E-state index in [1.807, 2.05) is 0 Å². The molecule has 0 saturated carbocycles. The third-order valence-electron chi connectivity index (χ3n) is 3.99. The molecule has 3 rings (SSSR count). The highest BCUT2D eigenvalue weighted by molar-refractivity contribution is 5.92. The Hall–Kier alpha value is -3.22. The molecule has 1 aliphatic heterocycles. The van der Waals surface area contributed by atoms with Crippen molar-refractivity contribution in [3.05, 3.63) is 69.1 Å². The predicted octanol–water partition coefficient (Wildman–Crippen LogP) is 1.82. The monoisotopic (exact) mass is 343 g/mol. The molecule has 0 radical (unpaired) electrons. The Morgan fingerprint density at radius 2 is 1.96 bits per heavy atom. The van der Waals surface area contributed by atoms with Gasteiger partial charge in [-0.3, -0.25) is 0 Å². The summed E-state index contributed by atoms with van der Waals surface area (Å²) in [7, 11) is 2.73. The van der Waals surface area contributed by atoms with E-state index in [1.165, 1.54) is 14.2 Å². The summed E-state index contributed by atoms with van der Waals surface area (Å²) in [6.45, 7) is 1.62. The van der Waals surface area contributed by atoms with Crippen molar-refractivity contribution in [1.82, 2.24) is 0 Å². The van der Waals surface area contributed by atoms with Crippen LogP contribution in [0.2, 0.25) is 0 Å². The number of para-hydroxylation sites is 1. The lowest BCUT2D eigenvalue weighted by Gasteiger charge is -2.27. The fourth-order valence-corrected chi connectivity index (χ4v) is 2.94. The van der Waals surface area contributed by atoms with Gasteiger partial charge in [0.25, 0.3) is 0 Å². The van der Waals surface area contributed by atoms with E-state index >= 15 is 0 Å². The van der Waals surface area contributed by atoms with Gasteiger partial charge in [0.2, 0.25) is 5.88 Å². The van der Waals surface area contributed by atoms with Crippen molar-refractivity contribution in [3.63, 3.8) is 0 Å². The van der Waals surface area contributed by atoms with Gasteiger partial charge in [0.1, 0.15) is 22.8 Å². The van der Waals surface area contributed by atoms with E-state index in [0.29, 0.717) is 17.1 Å². The number of benzene rings is 1. The molecule has 0 aliphatic carbocycles. The van der Waals surface area contributed by atoms with Crippen LogP contribution in [0.25, 0.3) is 0 Å². The van der Waals surface area contributed by atoms with Gasteiger partial charge in [-0.05, 0) is 13.0 Å². The van der Waals surface area contributed by atoms with Crippen molar-refractivity contribution < 1.29 is 23.4 Å². The average molecular weight is 343 g/mol. The van der Waals surface area contributed by atoms with Crippen LogP contribution in [-0.2, 0) is 9.53 Å². The number of ether oxygens (including phenoxy) is 3. The molecule has 0 fully saturated rings. The van der Waals surface area contributed by atoms with Crippen molar-refractivity contribution in [1.29, 1.82) is 0 Å². The molecule has 1 atom stereocenters. The molecule has 0 spiro atoms. The fourth-order valence-electron chi connectivity index (χ4n) is 2.94. The highest BCUT2D eigenvalue weighted by atomic mass is 16.5. The molecule has 7 heteroatoms. The van der Waals surface area contributed by atoms with Crippen molar-refractivity contribution in [3.8, 4) is 11.5 Å². The summed E-state index contributed by atoms with van der Waals surface area (Å²) in [5, 5.41) is 0. The molecular weight excluding hydrogens is 326 g/mol. The highest BCUT2D eigenvalue weighted by Gasteiger charge is 2.39. The molecule has 1 aliphatic rings. The van der Waals surface area contributed by atoms with Crippen LogP contribution in [0.15, 0.2) is 51.0 Å². The molecule has 0 bridgehead atoms. The summed E-state index contributed by atoms with van der Waals surface area (Å²) in [5.74, 6) is -0.537. The second kappa shape index (κ2) is 6.35. The molecule has 1 aromatic carbocycles. The lowest BCUT2D eigenvalue weighted by atomic mass is 9.83. The minimum atomic E-state index is -0.829. The summed E-state index contributed by atoms with van der Waals surface area (Å²) < 4.78 is 20.9. The zero-order chi connectivity index (χ0) is 18.1. The molecule has 25 heavy (non-hydrogen) atoms. The number of esters is 1. The van der Waals surface area contributed by atoms with Crippen LogP contribution in [0.5, 0.6) is 11.5 Å². The van der Waals surface area contributed by atoms with Crippen LogP contribution in [0.3, 0.4) is 0 Å². The average Bonchev–Trinajstić information content (AvgIpc) is 2.59. The Balaban J connectivity index is 2.35. The minimum Gasteiger partial charge on any atom is -0.496 e. The molecule has 7 nitrogen and oxygen atoms in total. The van der Waals surface area contributed by atoms with Gasteiger partial charge in [0, 0.05) is 11.6 Å². The number of aryl methyl sites for hydroxylation is 1. The molecule has 2 heterocycles. The fraction of sp³-hybridized carbons (Fsp3) is 0.222. The zero-order valence-electron chi connectivity index (χ0n) is 14.0. The van der Waals surface area contributed by atoms with Gasteiger partial charge in [0.05, 0.1) is 25.7 Å². The summed E-state index contributed by atoms with van der Waals surface area (Å²) in [4.78, 5) is 24.9. The van der Waals surface area contributed by atoms with Gasteiger partial charge in [-0.25, -0.2) is 9.59 Å². The number of hydrogen-bond acceptors (Lipinski definition) is 7. The van der Waals surface area contributed by atoms with Crippen LogP contribution in [0.4, 0.5) is 0 Å². The Morgan fingerprint density at radius 1 is 1.24 bits per heavy atom. The predicted molar refractivity (Wildman–Crippen MR) is 88.4 cm³/mol. The Bertz CT molecular complexity index is 927. The van der Waals surface area contributed by atoms with Crippen LogP contribution >= 0.6 is 0 Å². The molecule has 2 aromatic rings. The van der Waals surface area contributed by atoms with Crippen LogP contribution < -0.4 is 20.8 Å². The first kappa shape index (κ1) is 16.6. The quantitative estimate of drug-likeness (QED) is 0.848. The van der Waals surface area contributed by atoms with E-state index in [9.17, 15) is 9.59 Å². The standard InChI is InChI=1S/C18H17NO6/c1-9-8-12-14(18(21)24-9)13(10-6-4-5-7-11(10)22-2)15(16(19)25-12)17(20)23-3/h4-8,13H,19H2,1-3H3/t13-/m0/s1. The largest absolute Gasteiger partial charge is 0.496 e. The van der Waals surface area contributed by atoms with E-state index in [-0.39, 0.29) is 22.8 Å². The van der Waals surface area contributed by atoms with Crippen molar-refractivity contribution in [2.75, 3.05) is 14.2 Å². The van der Waals surface area contributed by atoms with Crippen molar-refractivity contribution in [2.24, 2.45) is 5.73 Å². The van der Waals surface area contributed by atoms with E-state index in [0.717, 1.165) is 0 Å². The Labute approximate surface area is 143 Å². The van der Waals surface area contributed by atoms with Gasteiger partial charge < -0.3 is 24.4 Å². The van der Waals surface area contributed by atoms with Crippen molar-refractivity contribution in [2.45, 2.75) is 12.8 Å². The number of hydrogen-bond donors (Lipinski definition) is 1. The maximum Gasteiger partial charge on any atom is 0.343 e. The third-order valence-corrected chi connectivity index (χ3v) is 3.99. The minimum absolute atomic E-state index is 0.0238. The molecule has 1 aromatic heterocycles. The molecule has 0 saturated heterocycles. The third kappa shape index (κ3) is 2.73. The topological polar surface area (TPSA) is 101 Å². The number of rotatable bonds is 3. The maximum absolute atomic E-state index is 12.5. The van der Waals surface area contributed by atoms with Crippen LogP contribution in [0, 0.1) is 6.92 Å². The number of nitrogens with two attached hydrogens (primary N) is 1. The first-order chi connectivity index (χ1) is 12.0. The van der Waals surface area contributed by atoms with Crippen molar-refractivity contribution >= 4 is 5.97 Å². The summed E-state index contributed by atoms with van der Waals surface area (Å²) >= 11 is 0. The Morgan fingerprint density at radius 3 is 2.64 bits per heavy atom. The summed E-state index contributed by atoms with van der Waals surface area (Å²) in [5.41, 5.74) is 6.13. The van der Waals surface area contributed by atoms with Gasteiger partial charge >= 0.3 is 11.6 Å². The normalized spacial score (nSPS) is 16.0.